The highest BCUT2D eigenvalue weighted by Crippen LogP contribution is 2.16. The first-order chi connectivity index (χ1) is 9.65. The van der Waals surface area contributed by atoms with Gasteiger partial charge in [-0.25, -0.2) is 4.98 Å². The van der Waals surface area contributed by atoms with Gasteiger partial charge in [-0.1, -0.05) is 19.1 Å². The molecule has 0 aliphatic carbocycles. The van der Waals surface area contributed by atoms with Crippen molar-refractivity contribution in [3.63, 3.8) is 0 Å². The van der Waals surface area contributed by atoms with Crippen LogP contribution in [-0.4, -0.2) is 51.3 Å². The Balaban J connectivity index is 2.15. The number of hydrogen-bond acceptors (Lipinski definition) is 4. The molecule has 1 aromatic carbocycles. The van der Waals surface area contributed by atoms with E-state index < -0.39 is 0 Å². The normalized spacial score (nSPS) is 10.6. The number of hydrogen-bond donors (Lipinski definition) is 2. The molecule has 6 heteroatoms. The van der Waals surface area contributed by atoms with E-state index in [1.807, 2.05) is 19.1 Å². The topological polar surface area (TPSA) is 82.1 Å². The minimum atomic E-state index is -0.116. The molecule has 2 N–H and O–H groups in total. The highest BCUT2D eigenvalue weighted by molar-refractivity contribution is 5.94. The molecule has 0 saturated heterocycles. The van der Waals surface area contributed by atoms with Crippen molar-refractivity contribution < 1.29 is 9.90 Å². The number of benzene rings is 1. The summed E-state index contributed by atoms with van der Waals surface area (Å²) in [5, 5.41) is 15.8. The van der Waals surface area contributed by atoms with Gasteiger partial charge in [0.25, 0.3) is 5.91 Å². The number of nitrogens with zero attached hydrogens (tertiary/aromatic N) is 3. The SMILES string of the molecule is CCc1nc(-c2ccc(C(=O)N(C)CCO)cc2)n[nH]1. The zero-order valence-corrected chi connectivity index (χ0v) is 11.6. The smallest absolute Gasteiger partial charge is 0.253 e. The van der Waals surface area contributed by atoms with E-state index in [4.69, 9.17) is 5.11 Å². The Morgan fingerprint density at radius 2 is 2.05 bits per heavy atom. The molecule has 2 aromatic rings. The first-order valence-corrected chi connectivity index (χ1v) is 6.53. The van der Waals surface area contributed by atoms with E-state index in [2.05, 4.69) is 15.2 Å². The van der Waals surface area contributed by atoms with Crippen LogP contribution in [0, 0.1) is 0 Å². The van der Waals surface area contributed by atoms with Gasteiger partial charge < -0.3 is 10.0 Å². The summed E-state index contributed by atoms with van der Waals surface area (Å²) in [4.78, 5) is 17.8. The van der Waals surface area contributed by atoms with Crippen LogP contribution in [0.25, 0.3) is 11.4 Å². The predicted octanol–water partition coefficient (Wildman–Crippen LogP) is 1.10. The van der Waals surface area contributed by atoms with Crippen LogP contribution < -0.4 is 0 Å². The summed E-state index contributed by atoms with van der Waals surface area (Å²) in [5.74, 6) is 1.35. The quantitative estimate of drug-likeness (QED) is 0.855. The van der Waals surface area contributed by atoms with Gasteiger partial charge in [0.2, 0.25) is 0 Å². The number of amides is 1. The first-order valence-electron chi connectivity index (χ1n) is 6.53. The van der Waals surface area contributed by atoms with Crippen molar-refractivity contribution in [1.82, 2.24) is 20.1 Å². The summed E-state index contributed by atoms with van der Waals surface area (Å²) in [6, 6.07) is 7.13. The molecule has 1 aromatic heterocycles. The third-order valence-corrected chi connectivity index (χ3v) is 3.04. The van der Waals surface area contributed by atoms with Crippen LogP contribution >= 0.6 is 0 Å². The summed E-state index contributed by atoms with van der Waals surface area (Å²) in [6.45, 7) is 2.28. The molecule has 0 spiro atoms. The summed E-state index contributed by atoms with van der Waals surface area (Å²) in [7, 11) is 1.66. The van der Waals surface area contributed by atoms with Crippen LogP contribution in [0.5, 0.6) is 0 Å². The molecule has 0 aliphatic heterocycles. The van der Waals surface area contributed by atoms with E-state index >= 15 is 0 Å². The van der Waals surface area contributed by atoms with Crippen LogP contribution in [0.2, 0.25) is 0 Å². The molecule has 6 nitrogen and oxygen atoms in total. The number of rotatable bonds is 5. The van der Waals surface area contributed by atoms with Crippen molar-refractivity contribution in [3.8, 4) is 11.4 Å². The van der Waals surface area contributed by atoms with E-state index in [1.54, 1.807) is 19.2 Å². The average Bonchev–Trinajstić information content (AvgIpc) is 2.96. The maximum absolute atomic E-state index is 12.0. The number of nitrogens with one attached hydrogen (secondary N) is 1. The summed E-state index contributed by atoms with van der Waals surface area (Å²) in [6.07, 6.45) is 0.801. The van der Waals surface area contributed by atoms with Crippen LogP contribution in [0.3, 0.4) is 0 Å². The molecular formula is C14H18N4O2. The number of aryl methyl sites for hydroxylation is 1. The van der Waals surface area contributed by atoms with Gasteiger partial charge in [0.15, 0.2) is 5.82 Å². The van der Waals surface area contributed by atoms with Crippen LogP contribution in [-0.2, 0) is 6.42 Å². The van der Waals surface area contributed by atoms with E-state index in [9.17, 15) is 4.79 Å². The average molecular weight is 274 g/mol. The zero-order valence-electron chi connectivity index (χ0n) is 11.6. The number of carbonyl (C=O) groups is 1. The fourth-order valence-electron chi connectivity index (χ4n) is 1.82. The minimum absolute atomic E-state index is 0.0443. The summed E-state index contributed by atoms with van der Waals surface area (Å²) < 4.78 is 0. The number of likely N-dealkylation sites (N-methyl/N-ethyl adjacent to an activating group) is 1. The second-order valence-electron chi connectivity index (χ2n) is 4.49. The van der Waals surface area contributed by atoms with Crippen molar-refractivity contribution in [1.29, 1.82) is 0 Å². The summed E-state index contributed by atoms with van der Waals surface area (Å²) in [5.41, 5.74) is 1.44. The van der Waals surface area contributed by atoms with E-state index in [0.717, 1.165) is 17.8 Å². The fraction of sp³-hybridized carbons (Fsp3) is 0.357. The Morgan fingerprint density at radius 3 is 2.60 bits per heavy atom. The van der Waals surface area contributed by atoms with Gasteiger partial charge in [-0.2, -0.15) is 5.10 Å². The third kappa shape index (κ3) is 3.03. The maximum atomic E-state index is 12.0. The minimum Gasteiger partial charge on any atom is -0.395 e. The summed E-state index contributed by atoms with van der Waals surface area (Å²) >= 11 is 0. The molecule has 20 heavy (non-hydrogen) atoms. The van der Waals surface area contributed by atoms with Gasteiger partial charge in [0.1, 0.15) is 5.82 Å². The standard InChI is InChI=1S/C14H18N4O2/c1-3-12-15-13(17-16-12)10-4-6-11(7-5-10)14(20)18(2)8-9-19/h4-7,19H,3,8-9H2,1-2H3,(H,15,16,17). The lowest BCUT2D eigenvalue weighted by Crippen LogP contribution is -2.29. The number of aromatic nitrogens is 3. The van der Waals surface area contributed by atoms with E-state index in [1.165, 1.54) is 4.90 Å². The fourth-order valence-corrected chi connectivity index (χ4v) is 1.82. The zero-order chi connectivity index (χ0) is 14.5. The van der Waals surface area contributed by atoms with E-state index in [-0.39, 0.29) is 12.5 Å². The van der Waals surface area contributed by atoms with Gasteiger partial charge >= 0.3 is 0 Å². The number of carbonyl (C=O) groups excluding carboxylic acids is 1. The molecule has 0 fully saturated rings. The molecule has 0 bridgehead atoms. The highest BCUT2D eigenvalue weighted by Gasteiger charge is 2.12. The second kappa shape index (κ2) is 6.29. The largest absolute Gasteiger partial charge is 0.395 e. The molecular weight excluding hydrogens is 256 g/mol. The number of aliphatic hydroxyl groups excluding tert-OH is 1. The lowest BCUT2D eigenvalue weighted by molar-refractivity contribution is 0.0767. The third-order valence-electron chi connectivity index (χ3n) is 3.04. The van der Waals surface area contributed by atoms with Gasteiger partial charge in [0.05, 0.1) is 6.61 Å². The Bertz CT molecular complexity index is 577. The van der Waals surface area contributed by atoms with Crippen molar-refractivity contribution >= 4 is 5.91 Å². The van der Waals surface area contributed by atoms with Crippen molar-refractivity contribution in [3.05, 3.63) is 35.7 Å². The number of aliphatic hydroxyl groups is 1. The van der Waals surface area contributed by atoms with Crippen LogP contribution in [0.1, 0.15) is 23.1 Å². The molecule has 0 atom stereocenters. The maximum Gasteiger partial charge on any atom is 0.253 e. The van der Waals surface area contributed by atoms with Crippen molar-refractivity contribution in [2.45, 2.75) is 13.3 Å². The van der Waals surface area contributed by atoms with Gasteiger partial charge in [-0.15, -0.1) is 0 Å². The molecule has 2 rings (SSSR count). The molecule has 1 amide bonds. The number of aromatic amines is 1. The van der Waals surface area contributed by atoms with Crippen molar-refractivity contribution in [2.75, 3.05) is 20.2 Å². The lowest BCUT2D eigenvalue weighted by atomic mass is 10.1. The van der Waals surface area contributed by atoms with Crippen LogP contribution in [0.4, 0.5) is 0 Å². The van der Waals surface area contributed by atoms with Gasteiger partial charge in [-0.05, 0) is 12.1 Å². The molecule has 0 unspecified atom stereocenters. The lowest BCUT2D eigenvalue weighted by Gasteiger charge is -2.15. The monoisotopic (exact) mass is 274 g/mol. The molecule has 0 radical (unpaired) electrons. The molecule has 0 saturated carbocycles. The second-order valence-corrected chi connectivity index (χ2v) is 4.49. The first kappa shape index (κ1) is 14.2. The Morgan fingerprint density at radius 1 is 1.35 bits per heavy atom. The van der Waals surface area contributed by atoms with Gasteiger partial charge in [0, 0.05) is 31.1 Å². The number of H-pyrrole nitrogens is 1. The molecule has 1 heterocycles. The Hall–Kier alpha value is -2.21. The van der Waals surface area contributed by atoms with Gasteiger partial charge in [-0.3, -0.25) is 9.89 Å². The van der Waals surface area contributed by atoms with Crippen molar-refractivity contribution in [2.24, 2.45) is 0 Å². The Labute approximate surface area is 117 Å². The Kier molecular flexibility index (Phi) is 4.47. The van der Waals surface area contributed by atoms with E-state index in [0.29, 0.717) is 17.9 Å². The predicted molar refractivity (Wildman–Crippen MR) is 75.2 cm³/mol. The van der Waals surface area contributed by atoms with Crippen LogP contribution in [0.15, 0.2) is 24.3 Å². The molecule has 0 aliphatic rings. The molecule has 106 valence electrons. The highest BCUT2D eigenvalue weighted by atomic mass is 16.3.